The van der Waals surface area contributed by atoms with Crippen molar-refractivity contribution in [3.8, 4) is 0 Å². The number of nitrogens with one attached hydrogen (secondary N) is 1. The second kappa shape index (κ2) is 7.40. The summed E-state index contributed by atoms with van der Waals surface area (Å²) >= 11 is 5.75. The maximum absolute atomic E-state index is 5.75. The standard InChI is InChI=1S/C23H26N4S/c1-23(2,3)26-14-12-18(16-26)21-20(19-11-7-8-13-24-19)25-22(28)27(21)15-17-9-5-4-6-10-17/h4-14,16,20-21H,15H2,1-3H3,(H,25,28)/t20-,21-/m0/s1. The highest BCUT2D eigenvalue weighted by atomic mass is 32.1. The van der Waals surface area contributed by atoms with E-state index >= 15 is 0 Å². The average molecular weight is 391 g/mol. The summed E-state index contributed by atoms with van der Waals surface area (Å²) in [6.45, 7) is 7.41. The first kappa shape index (κ1) is 18.7. The molecule has 1 aliphatic rings. The van der Waals surface area contributed by atoms with Gasteiger partial charge in [0.15, 0.2) is 5.11 Å². The van der Waals surface area contributed by atoms with Crippen LogP contribution in [0.15, 0.2) is 73.2 Å². The van der Waals surface area contributed by atoms with Gasteiger partial charge in [-0.1, -0.05) is 36.4 Å². The van der Waals surface area contributed by atoms with Crippen molar-refractivity contribution in [3.05, 3.63) is 90.0 Å². The molecule has 1 fully saturated rings. The Bertz CT molecular complexity index is 943. The van der Waals surface area contributed by atoms with Gasteiger partial charge in [-0.3, -0.25) is 4.98 Å². The first-order chi connectivity index (χ1) is 13.4. The molecule has 5 heteroatoms. The van der Waals surface area contributed by atoms with E-state index in [1.807, 2.05) is 24.4 Å². The van der Waals surface area contributed by atoms with Crippen LogP contribution in [-0.4, -0.2) is 19.6 Å². The molecule has 0 saturated carbocycles. The molecule has 0 amide bonds. The number of rotatable bonds is 4. The normalized spacial score (nSPS) is 19.7. The summed E-state index contributed by atoms with van der Waals surface area (Å²) in [5, 5.41) is 4.29. The van der Waals surface area contributed by atoms with E-state index in [1.165, 1.54) is 11.1 Å². The minimum absolute atomic E-state index is 0.0215. The molecule has 4 nitrogen and oxygen atoms in total. The zero-order valence-corrected chi connectivity index (χ0v) is 17.4. The molecule has 1 aliphatic heterocycles. The Kier molecular flexibility index (Phi) is 4.94. The summed E-state index contributed by atoms with van der Waals surface area (Å²) < 4.78 is 2.26. The van der Waals surface area contributed by atoms with Crippen molar-refractivity contribution in [2.24, 2.45) is 0 Å². The van der Waals surface area contributed by atoms with Crippen molar-refractivity contribution < 1.29 is 0 Å². The molecule has 3 aromatic rings. The van der Waals surface area contributed by atoms with Gasteiger partial charge in [0.05, 0.1) is 17.8 Å². The highest BCUT2D eigenvalue weighted by Gasteiger charge is 2.40. The van der Waals surface area contributed by atoms with E-state index in [9.17, 15) is 0 Å². The number of hydrogen-bond donors (Lipinski definition) is 1. The zero-order valence-electron chi connectivity index (χ0n) is 16.5. The van der Waals surface area contributed by atoms with E-state index in [1.54, 1.807) is 0 Å². The molecular weight excluding hydrogens is 364 g/mol. The number of pyridine rings is 1. The van der Waals surface area contributed by atoms with Gasteiger partial charge in [0, 0.05) is 30.7 Å². The van der Waals surface area contributed by atoms with Crippen molar-refractivity contribution in [2.75, 3.05) is 0 Å². The topological polar surface area (TPSA) is 33.1 Å². The van der Waals surface area contributed by atoms with Gasteiger partial charge in [-0.05, 0) is 62.3 Å². The Morgan fingerprint density at radius 3 is 2.43 bits per heavy atom. The molecule has 1 aromatic carbocycles. The van der Waals surface area contributed by atoms with Gasteiger partial charge in [-0.15, -0.1) is 0 Å². The van der Waals surface area contributed by atoms with E-state index in [2.05, 4.69) is 89.3 Å². The molecule has 144 valence electrons. The SMILES string of the molecule is CC(C)(C)n1ccc([C@H]2[C@H](c3ccccn3)NC(=S)N2Cc2ccccc2)c1. The van der Waals surface area contributed by atoms with E-state index in [0.717, 1.165) is 17.4 Å². The molecule has 0 aliphatic carbocycles. The average Bonchev–Trinajstić information content (AvgIpc) is 3.29. The first-order valence-electron chi connectivity index (χ1n) is 9.64. The Labute approximate surface area is 172 Å². The molecule has 1 N–H and O–H groups in total. The summed E-state index contributed by atoms with van der Waals surface area (Å²) in [6.07, 6.45) is 6.25. The van der Waals surface area contributed by atoms with E-state index < -0.39 is 0 Å². The lowest BCUT2D eigenvalue weighted by molar-refractivity contribution is 0.309. The fourth-order valence-electron chi connectivity index (χ4n) is 3.72. The molecule has 0 unspecified atom stereocenters. The number of hydrogen-bond acceptors (Lipinski definition) is 2. The molecule has 1 saturated heterocycles. The van der Waals surface area contributed by atoms with Crippen molar-refractivity contribution in [1.82, 2.24) is 19.8 Å². The van der Waals surface area contributed by atoms with Crippen molar-refractivity contribution in [2.45, 2.75) is 44.9 Å². The largest absolute Gasteiger partial charge is 0.352 e. The number of nitrogens with zero attached hydrogens (tertiary/aromatic N) is 3. The van der Waals surface area contributed by atoms with Crippen LogP contribution in [-0.2, 0) is 12.1 Å². The number of thiocarbonyl (C=S) groups is 1. The third-order valence-electron chi connectivity index (χ3n) is 5.23. The molecule has 4 rings (SSSR count). The van der Waals surface area contributed by atoms with Gasteiger partial charge >= 0.3 is 0 Å². The van der Waals surface area contributed by atoms with Gasteiger partial charge in [-0.2, -0.15) is 0 Å². The molecular formula is C23H26N4S. The second-order valence-electron chi connectivity index (χ2n) is 8.26. The highest BCUT2D eigenvalue weighted by Crippen LogP contribution is 2.40. The van der Waals surface area contributed by atoms with E-state index in [4.69, 9.17) is 12.2 Å². The molecule has 3 heterocycles. The quantitative estimate of drug-likeness (QED) is 0.648. The summed E-state index contributed by atoms with van der Waals surface area (Å²) in [5.41, 5.74) is 3.53. The van der Waals surface area contributed by atoms with Crippen LogP contribution in [0, 0.1) is 0 Å². The molecule has 0 radical (unpaired) electrons. The van der Waals surface area contributed by atoms with Crippen LogP contribution < -0.4 is 5.32 Å². The number of aromatic nitrogens is 2. The second-order valence-corrected chi connectivity index (χ2v) is 8.65. The Morgan fingerprint density at radius 1 is 1.04 bits per heavy atom. The van der Waals surface area contributed by atoms with Crippen LogP contribution >= 0.6 is 12.2 Å². The van der Waals surface area contributed by atoms with Crippen LogP contribution in [0.3, 0.4) is 0 Å². The maximum atomic E-state index is 5.75. The summed E-state index contributed by atoms with van der Waals surface area (Å²) in [6, 6.07) is 18.9. The van der Waals surface area contributed by atoms with Crippen LogP contribution in [0.4, 0.5) is 0 Å². The molecule has 28 heavy (non-hydrogen) atoms. The third kappa shape index (κ3) is 3.67. The Morgan fingerprint density at radius 2 is 1.79 bits per heavy atom. The van der Waals surface area contributed by atoms with Gasteiger partial charge in [0.1, 0.15) is 0 Å². The zero-order chi connectivity index (χ0) is 19.7. The predicted octanol–water partition coefficient (Wildman–Crippen LogP) is 4.81. The predicted molar refractivity (Wildman–Crippen MR) is 117 cm³/mol. The summed E-state index contributed by atoms with van der Waals surface area (Å²) in [4.78, 5) is 6.90. The maximum Gasteiger partial charge on any atom is 0.170 e. The smallest absolute Gasteiger partial charge is 0.170 e. The Balaban J connectivity index is 1.74. The lowest BCUT2D eigenvalue weighted by atomic mass is 9.98. The van der Waals surface area contributed by atoms with Crippen molar-refractivity contribution in [3.63, 3.8) is 0 Å². The van der Waals surface area contributed by atoms with Crippen LogP contribution in [0.1, 0.15) is 49.7 Å². The Hall–Kier alpha value is -2.66. The van der Waals surface area contributed by atoms with Gasteiger partial charge < -0.3 is 14.8 Å². The van der Waals surface area contributed by atoms with Crippen LogP contribution in [0.5, 0.6) is 0 Å². The fourth-order valence-corrected chi connectivity index (χ4v) is 4.03. The van der Waals surface area contributed by atoms with Crippen LogP contribution in [0.25, 0.3) is 0 Å². The minimum atomic E-state index is 0.0215. The van der Waals surface area contributed by atoms with Crippen molar-refractivity contribution >= 4 is 17.3 Å². The summed E-state index contributed by atoms with van der Waals surface area (Å²) in [7, 11) is 0. The number of benzene rings is 1. The summed E-state index contributed by atoms with van der Waals surface area (Å²) in [5.74, 6) is 0. The lowest BCUT2D eigenvalue weighted by Crippen LogP contribution is -2.29. The molecule has 0 spiro atoms. The van der Waals surface area contributed by atoms with Gasteiger partial charge in [-0.25, -0.2) is 0 Å². The molecule has 0 bridgehead atoms. The molecule has 2 atom stereocenters. The third-order valence-corrected chi connectivity index (χ3v) is 5.58. The van der Waals surface area contributed by atoms with E-state index in [-0.39, 0.29) is 17.6 Å². The van der Waals surface area contributed by atoms with Crippen molar-refractivity contribution in [1.29, 1.82) is 0 Å². The van der Waals surface area contributed by atoms with Gasteiger partial charge in [0.25, 0.3) is 0 Å². The fraction of sp³-hybridized carbons (Fsp3) is 0.304. The molecule has 2 aromatic heterocycles. The van der Waals surface area contributed by atoms with Gasteiger partial charge in [0.2, 0.25) is 0 Å². The van der Waals surface area contributed by atoms with E-state index in [0.29, 0.717) is 0 Å². The first-order valence-corrected chi connectivity index (χ1v) is 10.0. The highest BCUT2D eigenvalue weighted by molar-refractivity contribution is 7.80. The minimum Gasteiger partial charge on any atom is -0.352 e. The monoisotopic (exact) mass is 390 g/mol. The lowest BCUT2D eigenvalue weighted by Gasteiger charge is -2.28. The van der Waals surface area contributed by atoms with Crippen LogP contribution in [0.2, 0.25) is 0 Å².